The predicted molar refractivity (Wildman–Crippen MR) is 116 cm³/mol. The molecule has 2 aromatic carbocycles. The van der Waals surface area contributed by atoms with Crippen molar-refractivity contribution in [3.8, 4) is 6.07 Å². The maximum atomic E-state index is 13.0. The molecule has 1 amide bonds. The Morgan fingerprint density at radius 1 is 1.10 bits per heavy atom. The SMILES string of the molecule is Cc1ccccc1C(=O)N1CCN(c2oc(/C=C/c3ccc(F)cc3)nc2C#N)CC1. The van der Waals surface area contributed by atoms with E-state index in [1.807, 2.05) is 41.0 Å². The van der Waals surface area contributed by atoms with Crippen LogP contribution < -0.4 is 4.90 Å². The molecule has 1 aliphatic rings. The van der Waals surface area contributed by atoms with Gasteiger partial charge < -0.3 is 14.2 Å². The van der Waals surface area contributed by atoms with Gasteiger partial charge in [0.1, 0.15) is 11.9 Å². The van der Waals surface area contributed by atoms with Crippen molar-refractivity contribution >= 4 is 23.9 Å². The van der Waals surface area contributed by atoms with Crippen LogP contribution in [0, 0.1) is 24.1 Å². The first-order valence-corrected chi connectivity index (χ1v) is 9.99. The average molecular weight is 416 g/mol. The van der Waals surface area contributed by atoms with E-state index in [-0.39, 0.29) is 17.4 Å². The lowest BCUT2D eigenvalue weighted by Gasteiger charge is -2.34. The van der Waals surface area contributed by atoms with E-state index in [1.54, 1.807) is 24.3 Å². The molecule has 156 valence electrons. The molecule has 4 rings (SSSR count). The molecular formula is C24H21FN4O2. The van der Waals surface area contributed by atoms with E-state index < -0.39 is 0 Å². The largest absolute Gasteiger partial charge is 0.420 e. The van der Waals surface area contributed by atoms with Crippen LogP contribution in [0.25, 0.3) is 12.2 Å². The molecule has 7 heteroatoms. The Bertz CT molecular complexity index is 1150. The number of benzene rings is 2. The first-order chi connectivity index (χ1) is 15.0. The van der Waals surface area contributed by atoms with Crippen LogP contribution >= 0.6 is 0 Å². The van der Waals surface area contributed by atoms with Crippen LogP contribution in [0.4, 0.5) is 10.3 Å². The highest BCUT2D eigenvalue weighted by atomic mass is 19.1. The van der Waals surface area contributed by atoms with Crippen molar-refractivity contribution < 1.29 is 13.6 Å². The number of rotatable bonds is 4. The summed E-state index contributed by atoms with van der Waals surface area (Å²) in [6.07, 6.45) is 3.39. The Morgan fingerprint density at radius 3 is 2.48 bits per heavy atom. The van der Waals surface area contributed by atoms with Gasteiger partial charge in [0.05, 0.1) is 0 Å². The molecule has 1 aromatic heterocycles. The summed E-state index contributed by atoms with van der Waals surface area (Å²) < 4.78 is 18.8. The fourth-order valence-electron chi connectivity index (χ4n) is 3.52. The molecule has 31 heavy (non-hydrogen) atoms. The number of carbonyl (C=O) groups excluding carboxylic acids is 1. The number of oxazole rings is 1. The second-order valence-corrected chi connectivity index (χ2v) is 7.30. The van der Waals surface area contributed by atoms with Crippen LogP contribution in [0.15, 0.2) is 52.9 Å². The topological polar surface area (TPSA) is 73.4 Å². The van der Waals surface area contributed by atoms with Gasteiger partial charge >= 0.3 is 0 Å². The van der Waals surface area contributed by atoms with Crippen LogP contribution in [-0.2, 0) is 0 Å². The molecule has 0 atom stereocenters. The van der Waals surface area contributed by atoms with E-state index in [2.05, 4.69) is 11.1 Å². The first kappa shape index (κ1) is 20.4. The molecule has 6 nitrogen and oxygen atoms in total. The predicted octanol–water partition coefficient (Wildman–Crippen LogP) is 4.13. The van der Waals surface area contributed by atoms with Crippen molar-refractivity contribution in [3.05, 3.63) is 82.6 Å². The number of anilines is 1. The molecule has 1 aliphatic heterocycles. The average Bonchev–Trinajstić information content (AvgIpc) is 3.22. The third-order valence-corrected chi connectivity index (χ3v) is 5.25. The molecule has 0 bridgehead atoms. The van der Waals surface area contributed by atoms with Crippen molar-refractivity contribution in [2.75, 3.05) is 31.1 Å². The minimum atomic E-state index is -0.303. The molecule has 3 aromatic rings. The fraction of sp³-hybridized carbons (Fsp3) is 0.208. The molecule has 0 spiro atoms. The van der Waals surface area contributed by atoms with Gasteiger partial charge in [-0.2, -0.15) is 10.2 Å². The van der Waals surface area contributed by atoms with Gasteiger partial charge in [0.25, 0.3) is 5.91 Å². The molecular weight excluding hydrogens is 395 g/mol. The Morgan fingerprint density at radius 2 is 1.81 bits per heavy atom. The van der Waals surface area contributed by atoms with Gasteiger partial charge in [0.15, 0.2) is 0 Å². The van der Waals surface area contributed by atoms with Crippen molar-refractivity contribution in [1.82, 2.24) is 9.88 Å². The minimum absolute atomic E-state index is 0.0127. The quantitative estimate of drug-likeness (QED) is 0.640. The Hall–Kier alpha value is -3.92. The van der Waals surface area contributed by atoms with Gasteiger partial charge in [-0.1, -0.05) is 30.3 Å². The smallest absolute Gasteiger partial charge is 0.254 e. The third kappa shape index (κ3) is 4.48. The normalized spacial score (nSPS) is 14.1. The van der Waals surface area contributed by atoms with E-state index in [9.17, 15) is 14.4 Å². The van der Waals surface area contributed by atoms with Gasteiger partial charge in [-0.25, -0.2) is 4.39 Å². The zero-order chi connectivity index (χ0) is 21.8. The first-order valence-electron chi connectivity index (χ1n) is 9.99. The van der Waals surface area contributed by atoms with Crippen molar-refractivity contribution in [2.24, 2.45) is 0 Å². The Labute approximate surface area is 179 Å². The Balaban J connectivity index is 1.45. The van der Waals surface area contributed by atoms with Gasteiger partial charge in [-0.3, -0.25) is 4.79 Å². The number of nitriles is 1. The summed E-state index contributed by atoms with van der Waals surface area (Å²) in [6.45, 7) is 4.07. The monoisotopic (exact) mass is 416 g/mol. The van der Waals surface area contributed by atoms with E-state index in [1.165, 1.54) is 12.1 Å². The summed E-state index contributed by atoms with van der Waals surface area (Å²) in [4.78, 5) is 20.8. The molecule has 2 heterocycles. The summed E-state index contributed by atoms with van der Waals surface area (Å²) >= 11 is 0. The highest BCUT2D eigenvalue weighted by Crippen LogP contribution is 2.25. The second-order valence-electron chi connectivity index (χ2n) is 7.30. The summed E-state index contributed by atoms with van der Waals surface area (Å²) in [5.41, 5.74) is 2.66. The molecule has 1 fully saturated rings. The lowest BCUT2D eigenvalue weighted by atomic mass is 10.1. The third-order valence-electron chi connectivity index (χ3n) is 5.25. The standard InChI is InChI=1S/C24H21FN4O2/c1-17-4-2-3-5-20(17)23(30)28-12-14-29(15-13-28)24-21(16-26)27-22(31-24)11-8-18-6-9-19(25)10-7-18/h2-11H,12-15H2,1H3/b11-8+. The lowest BCUT2D eigenvalue weighted by molar-refractivity contribution is 0.0744. The van der Waals surface area contributed by atoms with Crippen molar-refractivity contribution in [1.29, 1.82) is 5.26 Å². The van der Waals surface area contributed by atoms with Crippen molar-refractivity contribution in [2.45, 2.75) is 6.92 Å². The van der Waals surface area contributed by atoms with Crippen LogP contribution in [0.2, 0.25) is 0 Å². The van der Waals surface area contributed by atoms with Crippen LogP contribution in [0.5, 0.6) is 0 Å². The second kappa shape index (κ2) is 8.84. The lowest BCUT2D eigenvalue weighted by Crippen LogP contribution is -2.49. The number of amides is 1. The van der Waals surface area contributed by atoms with E-state index >= 15 is 0 Å². The summed E-state index contributed by atoms with van der Waals surface area (Å²) in [6, 6.07) is 15.7. The van der Waals surface area contributed by atoms with E-state index in [4.69, 9.17) is 4.42 Å². The van der Waals surface area contributed by atoms with Crippen LogP contribution in [0.1, 0.15) is 33.1 Å². The number of aromatic nitrogens is 1. The zero-order valence-corrected chi connectivity index (χ0v) is 17.1. The molecule has 0 unspecified atom stereocenters. The maximum absolute atomic E-state index is 13.0. The molecule has 0 saturated carbocycles. The van der Waals surface area contributed by atoms with Gasteiger partial charge in [0.2, 0.25) is 17.5 Å². The maximum Gasteiger partial charge on any atom is 0.254 e. The molecule has 0 N–H and O–H groups in total. The van der Waals surface area contributed by atoms with Gasteiger partial charge in [-0.05, 0) is 42.3 Å². The number of hydrogen-bond acceptors (Lipinski definition) is 5. The summed E-state index contributed by atoms with van der Waals surface area (Å²) in [5, 5.41) is 9.47. The van der Waals surface area contributed by atoms with E-state index in [0.717, 1.165) is 11.1 Å². The van der Waals surface area contributed by atoms with Crippen LogP contribution in [-0.4, -0.2) is 42.0 Å². The highest BCUT2D eigenvalue weighted by molar-refractivity contribution is 5.95. The molecule has 1 saturated heterocycles. The van der Waals surface area contributed by atoms with Gasteiger partial charge in [-0.15, -0.1) is 0 Å². The number of nitrogens with zero attached hydrogens (tertiary/aromatic N) is 4. The zero-order valence-electron chi connectivity index (χ0n) is 17.1. The molecule has 0 aliphatic carbocycles. The highest BCUT2D eigenvalue weighted by Gasteiger charge is 2.27. The fourth-order valence-corrected chi connectivity index (χ4v) is 3.52. The number of hydrogen-bond donors (Lipinski definition) is 0. The Kier molecular flexibility index (Phi) is 5.80. The number of carbonyl (C=O) groups is 1. The molecule has 0 radical (unpaired) electrons. The summed E-state index contributed by atoms with van der Waals surface area (Å²) in [7, 11) is 0. The minimum Gasteiger partial charge on any atom is -0.420 e. The number of halogens is 1. The van der Waals surface area contributed by atoms with Gasteiger partial charge in [0, 0.05) is 37.8 Å². The summed E-state index contributed by atoms with van der Waals surface area (Å²) in [5.74, 6) is 0.416. The van der Waals surface area contributed by atoms with Crippen molar-refractivity contribution in [3.63, 3.8) is 0 Å². The number of aryl methyl sites for hydroxylation is 1. The van der Waals surface area contributed by atoms with Crippen LogP contribution in [0.3, 0.4) is 0 Å². The number of piperazine rings is 1. The van der Waals surface area contributed by atoms with E-state index in [0.29, 0.717) is 43.5 Å².